The summed E-state index contributed by atoms with van der Waals surface area (Å²) in [6, 6.07) is 13.6. The highest BCUT2D eigenvalue weighted by Crippen LogP contribution is 2.49. The number of amides is 1. The third-order valence-corrected chi connectivity index (χ3v) is 7.82. The quantitative estimate of drug-likeness (QED) is 0.388. The summed E-state index contributed by atoms with van der Waals surface area (Å²) in [4.78, 5) is 25.2. The van der Waals surface area contributed by atoms with Gasteiger partial charge in [-0.3, -0.25) is 9.59 Å². The normalized spacial score (nSPS) is 19.8. The van der Waals surface area contributed by atoms with Gasteiger partial charge < -0.3 is 10.4 Å². The van der Waals surface area contributed by atoms with Crippen LogP contribution in [-0.4, -0.2) is 26.8 Å². The van der Waals surface area contributed by atoms with E-state index in [1.165, 1.54) is 6.20 Å². The smallest absolute Gasteiger partial charge is 0.314 e. The van der Waals surface area contributed by atoms with E-state index in [4.69, 9.17) is 11.6 Å². The van der Waals surface area contributed by atoms with Crippen LogP contribution >= 0.6 is 11.6 Å². The topological polar surface area (TPSA) is 84.2 Å². The number of aryl methyl sites for hydroxylation is 1. The van der Waals surface area contributed by atoms with Crippen LogP contribution in [0.25, 0.3) is 16.8 Å². The molecule has 0 bridgehead atoms. The fourth-order valence-electron chi connectivity index (χ4n) is 5.01. The third-order valence-electron chi connectivity index (χ3n) is 7.54. The number of nitrogens with zero attached hydrogens (tertiary/aromatic N) is 2. The fourth-order valence-corrected chi connectivity index (χ4v) is 5.18. The van der Waals surface area contributed by atoms with Gasteiger partial charge >= 0.3 is 5.97 Å². The average molecular weight is 502 g/mol. The van der Waals surface area contributed by atoms with Crippen molar-refractivity contribution in [1.82, 2.24) is 9.78 Å². The van der Waals surface area contributed by atoms with Gasteiger partial charge in [0.15, 0.2) is 5.82 Å². The van der Waals surface area contributed by atoms with E-state index >= 15 is 0 Å². The van der Waals surface area contributed by atoms with Gasteiger partial charge in [-0.2, -0.15) is 5.10 Å². The predicted octanol–water partition coefficient (Wildman–Crippen LogP) is 6.47. The molecule has 1 fully saturated rings. The Morgan fingerprint density at radius 3 is 2.56 bits per heavy atom. The second-order valence-corrected chi connectivity index (χ2v) is 10.0. The predicted molar refractivity (Wildman–Crippen MR) is 142 cm³/mol. The lowest BCUT2D eigenvalue weighted by Crippen LogP contribution is -2.35. The van der Waals surface area contributed by atoms with Gasteiger partial charge in [0.2, 0.25) is 5.91 Å². The van der Waals surface area contributed by atoms with E-state index in [0.717, 1.165) is 27.9 Å². The maximum Gasteiger partial charge on any atom is 0.314 e. The Hall–Kier alpha value is -3.64. The maximum atomic E-state index is 13.4. The molecule has 0 aliphatic heterocycles. The molecule has 2 N–H and O–H groups in total. The molecule has 1 saturated carbocycles. The highest BCUT2D eigenvalue weighted by molar-refractivity contribution is 6.33. The molecule has 1 unspecified atom stereocenters. The molecule has 2 aliphatic rings. The zero-order valence-corrected chi connectivity index (χ0v) is 21.0. The Balaban J connectivity index is 1.53. The molecule has 3 aromatic rings. The van der Waals surface area contributed by atoms with Crippen LogP contribution in [0, 0.1) is 12.3 Å². The monoisotopic (exact) mass is 501 g/mol. The summed E-state index contributed by atoms with van der Waals surface area (Å²) >= 11 is 6.52. The molecule has 1 atom stereocenters. The molecular weight excluding hydrogens is 474 g/mol. The van der Waals surface area contributed by atoms with E-state index < -0.39 is 16.8 Å². The van der Waals surface area contributed by atoms with Crippen molar-refractivity contribution in [1.29, 1.82) is 0 Å². The molecule has 36 heavy (non-hydrogen) atoms. The summed E-state index contributed by atoms with van der Waals surface area (Å²) in [6.07, 6.45) is 11.9. The first-order valence-electron chi connectivity index (χ1n) is 12.1. The highest BCUT2D eigenvalue weighted by atomic mass is 35.5. The molecule has 2 aromatic carbocycles. The Kier molecular flexibility index (Phi) is 6.08. The second-order valence-electron chi connectivity index (χ2n) is 9.64. The first-order chi connectivity index (χ1) is 17.3. The van der Waals surface area contributed by atoms with Crippen LogP contribution < -0.4 is 5.32 Å². The number of benzene rings is 2. The molecule has 184 valence electrons. The molecule has 5 rings (SSSR count). The van der Waals surface area contributed by atoms with Crippen molar-refractivity contribution in [2.75, 3.05) is 5.32 Å². The molecule has 7 heteroatoms. The Morgan fingerprint density at radius 1 is 1.14 bits per heavy atom. The van der Waals surface area contributed by atoms with Crippen LogP contribution in [0.3, 0.4) is 0 Å². The Bertz CT molecular complexity index is 1420. The summed E-state index contributed by atoms with van der Waals surface area (Å²) in [5, 5.41) is 17.6. The number of anilines is 1. The van der Waals surface area contributed by atoms with Gasteiger partial charge in [-0.25, -0.2) is 4.68 Å². The zero-order chi connectivity index (χ0) is 25.5. The first kappa shape index (κ1) is 24.1. The Labute approximate surface area is 215 Å². The number of para-hydroxylation sites is 1. The molecule has 2 aliphatic carbocycles. The number of hydrogen-bond donors (Lipinski definition) is 2. The number of carboxylic acids is 1. The van der Waals surface area contributed by atoms with Crippen molar-refractivity contribution in [2.45, 2.75) is 44.9 Å². The number of aromatic nitrogens is 2. The van der Waals surface area contributed by atoms with Crippen LogP contribution in [0.2, 0.25) is 5.02 Å². The lowest BCUT2D eigenvalue weighted by molar-refractivity contribution is -0.140. The summed E-state index contributed by atoms with van der Waals surface area (Å²) in [7, 11) is 0. The van der Waals surface area contributed by atoms with E-state index in [2.05, 4.69) is 10.4 Å². The fraction of sp³-hybridized carbons (Fsp3) is 0.276. The van der Waals surface area contributed by atoms with Gasteiger partial charge in [-0.1, -0.05) is 79.2 Å². The van der Waals surface area contributed by atoms with Gasteiger partial charge in [-0.15, -0.1) is 0 Å². The number of allylic oxidation sites excluding steroid dienone is 3. The molecule has 0 saturated heterocycles. The SMILES string of the molecule is CCC1(C(=O)Nc2c(Cl)cnn2-c2ccccc2-c2ccc(C3(C(=O)O)CC3)cc2C)C=CC=CC1. The summed E-state index contributed by atoms with van der Waals surface area (Å²) in [6.45, 7) is 3.99. The van der Waals surface area contributed by atoms with Crippen LogP contribution in [0.1, 0.15) is 43.7 Å². The molecule has 1 amide bonds. The van der Waals surface area contributed by atoms with E-state index in [1.807, 2.05) is 80.6 Å². The van der Waals surface area contributed by atoms with E-state index in [1.54, 1.807) is 4.68 Å². The van der Waals surface area contributed by atoms with Crippen molar-refractivity contribution in [3.8, 4) is 16.8 Å². The van der Waals surface area contributed by atoms with E-state index in [9.17, 15) is 14.7 Å². The third kappa shape index (κ3) is 3.95. The molecule has 1 heterocycles. The number of hydrogen-bond acceptors (Lipinski definition) is 3. The molecule has 1 aromatic heterocycles. The molecule has 0 radical (unpaired) electrons. The minimum Gasteiger partial charge on any atom is -0.481 e. The van der Waals surface area contributed by atoms with Crippen molar-refractivity contribution in [3.63, 3.8) is 0 Å². The number of halogens is 1. The van der Waals surface area contributed by atoms with Gasteiger partial charge in [0.1, 0.15) is 5.02 Å². The van der Waals surface area contributed by atoms with Crippen molar-refractivity contribution < 1.29 is 14.7 Å². The summed E-state index contributed by atoms with van der Waals surface area (Å²) in [5.41, 5.74) is 3.05. The van der Waals surface area contributed by atoms with E-state index in [-0.39, 0.29) is 5.91 Å². The van der Waals surface area contributed by atoms with Gasteiger partial charge in [0.25, 0.3) is 0 Å². The van der Waals surface area contributed by atoms with Crippen molar-refractivity contribution in [2.24, 2.45) is 5.41 Å². The lowest BCUT2D eigenvalue weighted by atomic mass is 9.78. The number of carboxylic acid groups (broad SMARTS) is 1. The van der Waals surface area contributed by atoms with Crippen LogP contribution in [0.15, 0.2) is 73.0 Å². The number of aliphatic carboxylic acids is 1. The van der Waals surface area contributed by atoms with Crippen LogP contribution in [0.4, 0.5) is 5.82 Å². The molecular formula is C29H28ClN3O3. The number of carbonyl (C=O) groups excluding carboxylic acids is 1. The maximum absolute atomic E-state index is 13.4. The van der Waals surface area contributed by atoms with Crippen LogP contribution in [0.5, 0.6) is 0 Å². The van der Waals surface area contributed by atoms with Gasteiger partial charge in [0, 0.05) is 5.56 Å². The van der Waals surface area contributed by atoms with Crippen molar-refractivity contribution in [3.05, 3.63) is 89.1 Å². The van der Waals surface area contributed by atoms with E-state index in [0.29, 0.717) is 36.5 Å². The first-order valence-corrected chi connectivity index (χ1v) is 12.5. The molecule has 6 nitrogen and oxygen atoms in total. The van der Waals surface area contributed by atoms with Crippen molar-refractivity contribution >= 4 is 29.3 Å². The number of nitrogens with one attached hydrogen (secondary N) is 1. The Morgan fingerprint density at radius 2 is 1.92 bits per heavy atom. The average Bonchev–Trinajstić information content (AvgIpc) is 3.64. The largest absolute Gasteiger partial charge is 0.481 e. The minimum atomic E-state index is -0.769. The lowest BCUT2D eigenvalue weighted by Gasteiger charge is -2.28. The zero-order valence-electron chi connectivity index (χ0n) is 20.3. The van der Waals surface area contributed by atoms with Gasteiger partial charge in [-0.05, 0) is 55.4 Å². The summed E-state index contributed by atoms with van der Waals surface area (Å²) < 4.78 is 1.66. The molecule has 0 spiro atoms. The highest BCUT2D eigenvalue weighted by Gasteiger charge is 2.51. The van der Waals surface area contributed by atoms with Crippen LogP contribution in [-0.2, 0) is 15.0 Å². The number of rotatable bonds is 7. The second kappa shape index (κ2) is 9.10. The number of carbonyl (C=O) groups is 2. The minimum absolute atomic E-state index is 0.129. The summed E-state index contributed by atoms with van der Waals surface area (Å²) in [5.74, 6) is -0.479. The standard InChI is InChI=1S/C29H28ClN3O3/c1-3-28(13-7-4-8-14-28)26(34)32-25-23(30)18-31-33(25)24-10-6-5-9-22(24)21-12-11-20(17-19(21)2)29(15-16-29)27(35)36/h4-13,17-18H,3,14-16H2,1-2H3,(H,32,34)(H,35,36). The van der Waals surface area contributed by atoms with Gasteiger partial charge in [0.05, 0.1) is 22.7 Å².